The number of carboxylic acids is 1. The molecule has 2 rings (SSSR count). The summed E-state index contributed by atoms with van der Waals surface area (Å²) >= 11 is 0. The van der Waals surface area contributed by atoms with E-state index in [4.69, 9.17) is 4.74 Å². The highest BCUT2D eigenvalue weighted by molar-refractivity contribution is 5.77. The Hall–Kier alpha value is -2.89. The van der Waals surface area contributed by atoms with Crippen LogP contribution in [0.5, 0.6) is 5.75 Å². The van der Waals surface area contributed by atoms with E-state index in [9.17, 15) is 20.0 Å². The standard InChI is InChI=1S/C19H21NO5/c1-4-25-18-8-6-14(11-17(18)20(23)24)10-16(19(21)22)15-7-5-12(2)9-13(15)3/h5-9,11,16H,4,10H2,1-3H3,(H,21,22). The maximum atomic E-state index is 11.8. The topological polar surface area (TPSA) is 89.7 Å². The lowest BCUT2D eigenvalue weighted by Gasteiger charge is -2.16. The molecule has 6 nitrogen and oxygen atoms in total. The van der Waals surface area contributed by atoms with Gasteiger partial charge in [0.15, 0.2) is 5.75 Å². The van der Waals surface area contributed by atoms with E-state index in [-0.39, 0.29) is 17.9 Å². The molecule has 0 heterocycles. The molecule has 0 aliphatic rings. The first-order valence-corrected chi connectivity index (χ1v) is 8.03. The first-order chi connectivity index (χ1) is 11.8. The minimum atomic E-state index is -0.955. The van der Waals surface area contributed by atoms with E-state index in [1.54, 1.807) is 13.0 Å². The van der Waals surface area contributed by atoms with Gasteiger partial charge in [-0.3, -0.25) is 14.9 Å². The van der Waals surface area contributed by atoms with Crippen LogP contribution < -0.4 is 4.74 Å². The molecule has 1 N–H and O–H groups in total. The zero-order valence-corrected chi connectivity index (χ0v) is 14.5. The average Bonchev–Trinajstić information content (AvgIpc) is 2.54. The van der Waals surface area contributed by atoms with E-state index in [2.05, 4.69) is 0 Å². The largest absolute Gasteiger partial charge is 0.487 e. The second-order valence-corrected chi connectivity index (χ2v) is 5.95. The fourth-order valence-corrected chi connectivity index (χ4v) is 2.89. The molecular formula is C19H21NO5. The van der Waals surface area contributed by atoms with Gasteiger partial charge in [0.25, 0.3) is 0 Å². The Morgan fingerprint density at radius 3 is 2.52 bits per heavy atom. The van der Waals surface area contributed by atoms with Crippen LogP contribution in [0.2, 0.25) is 0 Å². The van der Waals surface area contributed by atoms with Crippen LogP contribution >= 0.6 is 0 Å². The van der Waals surface area contributed by atoms with E-state index in [0.29, 0.717) is 12.2 Å². The molecule has 0 bridgehead atoms. The summed E-state index contributed by atoms with van der Waals surface area (Å²) in [5.41, 5.74) is 3.11. The third-order valence-corrected chi connectivity index (χ3v) is 4.06. The van der Waals surface area contributed by atoms with Gasteiger partial charge in [-0.2, -0.15) is 0 Å². The molecule has 2 aromatic carbocycles. The van der Waals surface area contributed by atoms with Gasteiger partial charge in [-0.05, 0) is 49.9 Å². The number of rotatable bonds is 7. The minimum Gasteiger partial charge on any atom is -0.487 e. The summed E-state index contributed by atoms with van der Waals surface area (Å²) in [5.74, 6) is -1.53. The molecule has 0 fully saturated rings. The number of hydrogen-bond acceptors (Lipinski definition) is 4. The molecule has 25 heavy (non-hydrogen) atoms. The summed E-state index contributed by atoms with van der Waals surface area (Å²) in [6, 6.07) is 10.2. The van der Waals surface area contributed by atoms with Crippen molar-refractivity contribution in [2.24, 2.45) is 0 Å². The Morgan fingerprint density at radius 2 is 1.96 bits per heavy atom. The number of benzene rings is 2. The van der Waals surface area contributed by atoms with Gasteiger partial charge < -0.3 is 9.84 Å². The molecule has 0 saturated heterocycles. The van der Waals surface area contributed by atoms with E-state index in [1.807, 2.05) is 32.0 Å². The van der Waals surface area contributed by atoms with Crippen molar-refractivity contribution in [3.05, 3.63) is 68.8 Å². The first kappa shape index (κ1) is 18.4. The number of carbonyl (C=O) groups is 1. The number of hydrogen-bond donors (Lipinski definition) is 1. The van der Waals surface area contributed by atoms with E-state index in [0.717, 1.165) is 16.7 Å². The van der Waals surface area contributed by atoms with Crippen LogP contribution in [0.25, 0.3) is 0 Å². The molecular weight excluding hydrogens is 322 g/mol. The second kappa shape index (κ2) is 7.79. The summed E-state index contributed by atoms with van der Waals surface area (Å²) in [4.78, 5) is 22.5. The minimum absolute atomic E-state index is 0.149. The van der Waals surface area contributed by atoms with Crippen molar-refractivity contribution in [2.75, 3.05) is 6.61 Å². The molecule has 0 amide bonds. The van der Waals surface area contributed by atoms with Crippen molar-refractivity contribution in [2.45, 2.75) is 33.1 Å². The predicted octanol–water partition coefficient (Wildman–Crippen LogP) is 4.02. The Balaban J connectivity index is 2.38. The van der Waals surface area contributed by atoms with Gasteiger partial charge in [0, 0.05) is 6.07 Å². The maximum Gasteiger partial charge on any atom is 0.311 e. The van der Waals surface area contributed by atoms with Crippen molar-refractivity contribution < 1.29 is 19.6 Å². The van der Waals surface area contributed by atoms with Crippen LogP contribution in [0.3, 0.4) is 0 Å². The fourth-order valence-electron chi connectivity index (χ4n) is 2.89. The summed E-state index contributed by atoms with van der Waals surface area (Å²) < 4.78 is 5.26. The lowest BCUT2D eigenvalue weighted by atomic mass is 9.88. The predicted molar refractivity (Wildman–Crippen MR) is 94.3 cm³/mol. The fraction of sp³-hybridized carbons (Fsp3) is 0.316. The van der Waals surface area contributed by atoms with E-state index >= 15 is 0 Å². The Kier molecular flexibility index (Phi) is 5.75. The van der Waals surface area contributed by atoms with Gasteiger partial charge in [-0.25, -0.2) is 0 Å². The zero-order valence-electron chi connectivity index (χ0n) is 14.5. The molecule has 2 aromatic rings. The Labute approximate surface area is 146 Å². The number of aryl methyl sites for hydroxylation is 2. The molecule has 0 aliphatic heterocycles. The van der Waals surface area contributed by atoms with E-state index in [1.165, 1.54) is 12.1 Å². The molecule has 132 valence electrons. The summed E-state index contributed by atoms with van der Waals surface area (Å²) in [5, 5.41) is 20.9. The second-order valence-electron chi connectivity index (χ2n) is 5.95. The first-order valence-electron chi connectivity index (χ1n) is 8.03. The molecule has 1 atom stereocenters. The Morgan fingerprint density at radius 1 is 1.24 bits per heavy atom. The number of aliphatic carboxylic acids is 1. The lowest BCUT2D eigenvalue weighted by Crippen LogP contribution is -2.16. The normalized spacial score (nSPS) is 11.8. The van der Waals surface area contributed by atoms with Crippen molar-refractivity contribution in [3.63, 3.8) is 0 Å². The highest BCUT2D eigenvalue weighted by Gasteiger charge is 2.24. The highest BCUT2D eigenvalue weighted by atomic mass is 16.6. The number of ether oxygens (including phenoxy) is 1. The molecule has 1 unspecified atom stereocenters. The molecule has 6 heteroatoms. The van der Waals surface area contributed by atoms with E-state index < -0.39 is 16.8 Å². The SMILES string of the molecule is CCOc1ccc(CC(C(=O)O)c2ccc(C)cc2C)cc1[N+](=O)[O-]. The third-order valence-electron chi connectivity index (χ3n) is 4.06. The van der Waals surface area contributed by atoms with Crippen molar-refractivity contribution in [1.29, 1.82) is 0 Å². The van der Waals surface area contributed by atoms with Crippen LogP contribution in [0.15, 0.2) is 36.4 Å². The molecule has 0 aliphatic carbocycles. The summed E-state index contributed by atoms with van der Waals surface area (Å²) in [6.07, 6.45) is 0.173. The third kappa shape index (κ3) is 4.35. The number of carboxylic acid groups (broad SMARTS) is 1. The quantitative estimate of drug-likeness (QED) is 0.606. The van der Waals surface area contributed by atoms with Gasteiger partial charge >= 0.3 is 11.7 Å². The average molecular weight is 343 g/mol. The van der Waals surface area contributed by atoms with Crippen LogP contribution in [0.4, 0.5) is 5.69 Å². The molecule has 0 saturated carbocycles. The van der Waals surface area contributed by atoms with Gasteiger partial charge in [0.05, 0.1) is 17.4 Å². The maximum absolute atomic E-state index is 11.8. The zero-order chi connectivity index (χ0) is 18.6. The highest BCUT2D eigenvalue weighted by Crippen LogP contribution is 2.31. The van der Waals surface area contributed by atoms with Crippen molar-refractivity contribution in [1.82, 2.24) is 0 Å². The van der Waals surface area contributed by atoms with Crippen molar-refractivity contribution >= 4 is 11.7 Å². The van der Waals surface area contributed by atoms with Gasteiger partial charge in [0.2, 0.25) is 0 Å². The molecule has 0 aromatic heterocycles. The number of nitro benzene ring substituents is 1. The monoisotopic (exact) mass is 343 g/mol. The van der Waals surface area contributed by atoms with Crippen LogP contribution in [-0.4, -0.2) is 22.6 Å². The Bertz CT molecular complexity index is 800. The van der Waals surface area contributed by atoms with Gasteiger partial charge in [0.1, 0.15) is 0 Å². The van der Waals surface area contributed by atoms with Crippen LogP contribution in [0, 0.1) is 24.0 Å². The summed E-state index contributed by atoms with van der Waals surface area (Å²) in [6.45, 7) is 5.89. The number of nitrogens with zero attached hydrogens (tertiary/aromatic N) is 1. The van der Waals surface area contributed by atoms with Crippen molar-refractivity contribution in [3.8, 4) is 5.75 Å². The van der Waals surface area contributed by atoms with Crippen LogP contribution in [-0.2, 0) is 11.2 Å². The van der Waals surface area contributed by atoms with Crippen LogP contribution in [0.1, 0.15) is 35.1 Å². The molecule has 0 radical (unpaired) electrons. The lowest BCUT2D eigenvalue weighted by molar-refractivity contribution is -0.385. The molecule has 0 spiro atoms. The smallest absolute Gasteiger partial charge is 0.311 e. The van der Waals surface area contributed by atoms with Gasteiger partial charge in [-0.1, -0.05) is 29.8 Å². The van der Waals surface area contributed by atoms with Gasteiger partial charge in [-0.15, -0.1) is 0 Å². The number of nitro groups is 1. The summed E-state index contributed by atoms with van der Waals surface area (Å²) in [7, 11) is 0.